The molecule has 16 aromatic rings. The number of carbonyl (C=O) groups is 2. The van der Waals surface area contributed by atoms with E-state index in [1.165, 1.54) is 11.3 Å². The van der Waals surface area contributed by atoms with Crippen molar-refractivity contribution in [1.29, 1.82) is 0 Å². The van der Waals surface area contributed by atoms with Gasteiger partial charge in [-0.05, 0) is 105 Å². The second-order valence-corrected chi connectivity index (χ2v) is 29.4. The van der Waals surface area contributed by atoms with E-state index in [1.807, 2.05) is 117 Å². The van der Waals surface area contributed by atoms with Crippen molar-refractivity contribution in [3.8, 4) is 50.8 Å². The van der Waals surface area contributed by atoms with Crippen LogP contribution >= 0.6 is 0 Å². The fourth-order valence-electron chi connectivity index (χ4n) is 16.9. The van der Waals surface area contributed by atoms with Gasteiger partial charge in [0.1, 0.15) is 34.5 Å². The van der Waals surface area contributed by atoms with Crippen LogP contribution in [0.4, 0.5) is 17.5 Å². The summed E-state index contributed by atoms with van der Waals surface area (Å²) in [6.45, 7) is 15.0. The van der Waals surface area contributed by atoms with Gasteiger partial charge in [0.2, 0.25) is 11.8 Å². The summed E-state index contributed by atoms with van der Waals surface area (Å²) in [5.74, 6) is 4.22. The Hall–Kier alpha value is -12.9. The van der Waals surface area contributed by atoms with Crippen molar-refractivity contribution < 1.29 is 9.59 Å². The Kier molecular flexibility index (Phi) is 15.5. The number of rotatable bonds is 10. The molecule has 3 saturated heterocycles. The summed E-state index contributed by atoms with van der Waals surface area (Å²) >= 11 is 0. The summed E-state index contributed by atoms with van der Waals surface area (Å²) in [4.78, 5) is 49.0. The minimum atomic E-state index is -0.143. The maximum atomic E-state index is 12.0. The fraction of sp³-hybridized carbons (Fsp3) is 0.253. The molecule has 0 radical (unpaired) electrons. The lowest BCUT2D eigenvalue weighted by atomic mass is 9.72. The van der Waals surface area contributed by atoms with Crippen molar-refractivity contribution in [3.05, 3.63) is 218 Å². The van der Waals surface area contributed by atoms with Gasteiger partial charge >= 0.3 is 0 Å². The first-order valence-corrected chi connectivity index (χ1v) is 36.6. The second-order valence-electron chi connectivity index (χ2n) is 29.4. The molecule has 24 heteroatoms. The second kappa shape index (κ2) is 25.5. The molecular weight excluding hydrogens is 1340 g/mol. The Balaban J connectivity index is 0.000000110. The first-order chi connectivity index (χ1) is 52.1. The number of hydrogen-bond donors (Lipinski definition) is 2. The molecule has 1 spiro atoms. The molecule has 14 heterocycles. The Morgan fingerprint density at radius 1 is 0.467 bits per heavy atom. The predicted molar refractivity (Wildman–Crippen MR) is 417 cm³/mol. The number of aryl methyl sites for hydroxylation is 6. The number of pyridine rings is 3. The normalized spacial score (nSPS) is 17.2. The zero-order valence-corrected chi connectivity index (χ0v) is 60.5. The molecule has 107 heavy (non-hydrogen) atoms. The van der Waals surface area contributed by atoms with Gasteiger partial charge in [0, 0.05) is 166 Å². The van der Waals surface area contributed by atoms with Crippen LogP contribution in [-0.2, 0) is 43.8 Å². The Labute approximate surface area is 615 Å². The van der Waals surface area contributed by atoms with Crippen LogP contribution < -0.4 is 25.3 Å². The lowest BCUT2D eigenvalue weighted by Gasteiger charge is -2.46. The van der Waals surface area contributed by atoms with Crippen molar-refractivity contribution >= 4 is 94.7 Å². The third kappa shape index (κ3) is 11.3. The third-order valence-electron chi connectivity index (χ3n) is 22.5. The number of hydrogen-bond acceptors (Lipinski definition) is 15. The molecule has 4 aliphatic heterocycles. The molecule has 5 aliphatic rings. The maximum Gasteiger partial charge on any atom is 0.228 e. The third-order valence-corrected chi connectivity index (χ3v) is 22.5. The highest BCUT2D eigenvalue weighted by Crippen LogP contribution is 2.47. The average Bonchev–Trinajstić information content (AvgIpc) is 1.58. The van der Waals surface area contributed by atoms with Crippen LogP contribution in [-0.4, -0.2) is 140 Å². The van der Waals surface area contributed by atoms with Gasteiger partial charge in [-0.2, -0.15) is 30.6 Å². The highest BCUT2D eigenvalue weighted by Gasteiger charge is 2.56. The molecule has 24 nitrogen and oxygen atoms in total. The minimum absolute atomic E-state index is 0.0595. The van der Waals surface area contributed by atoms with Gasteiger partial charge in [0.25, 0.3) is 0 Å². The minimum Gasteiger partial charge on any atom is -0.357 e. The molecule has 2 atom stereocenters. The van der Waals surface area contributed by atoms with E-state index in [2.05, 4.69) is 199 Å². The lowest BCUT2D eigenvalue weighted by Crippen LogP contribution is -2.62. The SMILES string of the molecule is CC(=O)NC1C2CN(c3ccc(-n4nc(-c5cccc6nn(C)cc56)c5cccc(C)c54)cn3)CC21.Cc1cccc2c(-c3cccc4nn(C)cc34)nn(-c3ccc(N4CCC5(CC4)CNC5=O)nc3)c12.Cc1cccc2c(-c3cccc4nn(C)cc34)nn(-c3ccc(N4CCn5cncc5C4)nc3)c12. The molecule has 1 aliphatic carbocycles. The van der Waals surface area contributed by atoms with E-state index in [4.69, 9.17) is 30.2 Å². The summed E-state index contributed by atoms with van der Waals surface area (Å²) < 4.78 is 13.8. The van der Waals surface area contributed by atoms with Crippen LogP contribution in [0.25, 0.3) is 116 Å². The summed E-state index contributed by atoms with van der Waals surface area (Å²) in [5, 5.41) is 41.7. The van der Waals surface area contributed by atoms with Gasteiger partial charge < -0.3 is 29.9 Å². The molecule has 532 valence electrons. The van der Waals surface area contributed by atoms with Crippen molar-refractivity contribution in [2.45, 2.75) is 59.7 Å². The first kappa shape index (κ1) is 64.9. The molecule has 10 aromatic heterocycles. The van der Waals surface area contributed by atoms with Gasteiger partial charge in [-0.3, -0.25) is 23.6 Å². The van der Waals surface area contributed by atoms with Crippen molar-refractivity contribution in [2.75, 3.05) is 54.0 Å². The quantitative estimate of drug-likeness (QED) is 0.121. The average molecular weight is 1420 g/mol. The van der Waals surface area contributed by atoms with Crippen LogP contribution in [0.5, 0.6) is 0 Å². The Morgan fingerprint density at radius 2 is 0.888 bits per heavy atom. The molecule has 2 N–H and O–H groups in total. The Bertz CT molecular complexity index is 6170. The highest BCUT2D eigenvalue weighted by molar-refractivity contribution is 6.06. The summed E-state index contributed by atoms with van der Waals surface area (Å²) in [6, 6.07) is 50.6. The molecular formula is C83H78N22O2. The standard InChI is InChI=1S/2C28H27N7O.C27H24N8/c1-16-6-4-8-20-27(19-7-5-9-24-21(19)13-33(3)31-24)32-35(28(16)20)18-10-11-25(29-12-18)34-14-22-23(15-34)26(22)30-17(2)36;1-18-5-3-7-21-25(20-6-4-8-23-22(20)16-33(2)31-23)32-35(26(18)21)19-9-10-24(29-15-19)34-13-11-28(12-14-34)17-30-27(28)36;1-18-5-3-7-22-26(21-6-4-8-24-23(21)16-32(2)30-24)31-35(27(18)22)19-9-10-25(29-14-19)33-11-12-34-17-28-13-20(34)15-33/h4-13,22-23,26H,14-15H2,1-3H3,(H,30,36);3-10,15-16H,11-14,17H2,1-2H3,(H,30,36);3-10,13-14,16-17H,11-12,15H2,1-2H3. The number of nitrogens with zero attached hydrogens (tertiary/aromatic N) is 20. The first-order valence-electron chi connectivity index (χ1n) is 36.6. The zero-order valence-electron chi connectivity index (χ0n) is 60.5. The molecule has 1 saturated carbocycles. The van der Waals surface area contributed by atoms with Gasteiger partial charge in [-0.25, -0.2) is 34.0 Å². The number of amides is 2. The van der Waals surface area contributed by atoms with Gasteiger partial charge in [0.05, 0.1) is 92.7 Å². The van der Waals surface area contributed by atoms with Crippen LogP contribution in [0.2, 0.25) is 0 Å². The Morgan fingerprint density at radius 3 is 1.28 bits per heavy atom. The van der Waals surface area contributed by atoms with E-state index in [-0.39, 0.29) is 17.2 Å². The number of anilines is 3. The number of fused-ring (bicyclic) bond motifs is 8. The van der Waals surface area contributed by atoms with E-state index >= 15 is 0 Å². The van der Waals surface area contributed by atoms with E-state index in [0.29, 0.717) is 17.9 Å². The van der Waals surface area contributed by atoms with Crippen LogP contribution in [0.15, 0.2) is 195 Å². The maximum absolute atomic E-state index is 12.0. The summed E-state index contributed by atoms with van der Waals surface area (Å²) in [6.07, 6.45) is 17.5. The number of nitrogens with one attached hydrogen (secondary N) is 2. The van der Waals surface area contributed by atoms with Crippen LogP contribution in [0, 0.1) is 38.0 Å². The number of aromatic nitrogens is 17. The number of benzene rings is 6. The number of para-hydroxylation sites is 3. The fourth-order valence-corrected chi connectivity index (χ4v) is 16.9. The molecule has 6 aromatic carbocycles. The van der Waals surface area contributed by atoms with Crippen LogP contribution in [0.3, 0.4) is 0 Å². The number of β-lactam (4-membered cyclic amide) rings is 1. The van der Waals surface area contributed by atoms with Crippen molar-refractivity contribution in [1.82, 2.24) is 93.8 Å². The molecule has 0 bridgehead atoms. The number of piperidine rings is 2. The molecule has 21 rings (SSSR count). The van der Waals surface area contributed by atoms with Crippen LogP contribution in [0.1, 0.15) is 42.1 Å². The van der Waals surface area contributed by atoms with E-state index in [1.54, 1.807) is 6.92 Å². The topological polar surface area (TPSA) is 231 Å². The van der Waals surface area contributed by atoms with E-state index in [0.717, 1.165) is 210 Å². The van der Waals surface area contributed by atoms with Crippen molar-refractivity contribution in [3.63, 3.8) is 0 Å². The van der Waals surface area contributed by atoms with Gasteiger partial charge in [0.15, 0.2) is 0 Å². The smallest absolute Gasteiger partial charge is 0.228 e. The van der Waals surface area contributed by atoms with Crippen molar-refractivity contribution in [2.24, 2.45) is 38.4 Å². The highest BCUT2D eigenvalue weighted by atomic mass is 16.2. The number of imidazole rings is 1. The summed E-state index contributed by atoms with van der Waals surface area (Å²) in [7, 11) is 5.84. The number of carbonyl (C=O) groups excluding carboxylic acids is 2. The molecule has 4 fully saturated rings. The van der Waals surface area contributed by atoms with Gasteiger partial charge in [-0.1, -0.05) is 91.0 Å². The molecule has 2 unspecified atom stereocenters. The van der Waals surface area contributed by atoms with E-state index < -0.39 is 0 Å². The predicted octanol–water partition coefficient (Wildman–Crippen LogP) is 12.4. The largest absolute Gasteiger partial charge is 0.357 e. The monoisotopic (exact) mass is 1410 g/mol. The zero-order chi connectivity index (χ0) is 72.5. The lowest BCUT2D eigenvalue weighted by molar-refractivity contribution is -0.141. The summed E-state index contributed by atoms with van der Waals surface area (Å²) in [5.41, 5.74) is 19.6. The van der Waals surface area contributed by atoms with E-state index in [9.17, 15) is 9.59 Å². The molecule has 2 amide bonds. The van der Waals surface area contributed by atoms with Gasteiger partial charge in [-0.15, -0.1) is 0 Å².